The lowest BCUT2D eigenvalue weighted by atomic mass is 10.2. The van der Waals surface area contributed by atoms with Crippen LogP contribution in [-0.4, -0.2) is 31.7 Å². The first kappa shape index (κ1) is 16.8. The average Bonchev–Trinajstić information content (AvgIpc) is 3.32. The highest BCUT2D eigenvalue weighted by atomic mass is 32.2. The predicted molar refractivity (Wildman–Crippen MR) is 100 cm³/mol. The number of carbonyl (C=O) groups is 1. The van der Waals surface area contributed by atoms with Crippen molar-refractivity contribution < 1.29 is 4.79 Å². The molecule has 1 fully saturated rings. The molecule has 2 aromatic heterocycles. The second-order valence-electron chi connectivity index (χ2n) is 6.39. The van der Waals surface area contributed by atoms with Crippen LogP contribution in [0.5, 0.6) is 0 Å². The van der Waals surface area contributed by atoms with Gasteiger partial charge in [0.1, 0.15) is 11.4 Å². The van der Waals surface area contributed by atoms with E-state index >= 15 is 0 Å². The standard InChI is InChI=1S/C19H19N5OS/c1-13-3-2-4-14(9-13)11-26-18-10-17(20-12-21-18)24-8-7-16(23-24)19(25)22-15-5-6-15/h2-4,7-10,12,15H,5-6,11H2,1H3,(H,22,25). The van der Waals surface area contributed by atoms with E-state index in [2.05, 4.69) is 51.6 Å². The van der Waals surface area contributed by atoms with Crippen LogP contribution in [-0.2, 0) is 5.75 Å². The fourth-order valence-electron chi connectivity index (χ4n) is 2.55. The number of amides is 1. The summed E-state index contributed by atoms with van der Waals surface area (Å²) in [6.45, 7) is 2.09. The number of aromatic nitrogens is 4. The second-order valence-corrected chi connectivity index (χ2v) is 7.38. The molecule has 26 heavy (non-hydrogen) atoms. The Balaban J connectivity index is 1.45. The molecule has 0 aliphatic heterocycles. The first-order valence-electron chi connectivity index (χ1n) is 8.55. The molecule has 0 saturated heterocycles. The first-order chi connectivity index (χ1) is 12.7. The molecule has 1 aliphatic rings. The number of rotatable bonds is 6. The summed E-state index contributed by atoms with van der Waals surface area (Å²) in [6, 6.07) is 12.3. The minimum Gasteiger partial charge on any atom is -0.348 e. The van der Waals surface area contributed by atoms with Gasteiger partial charge >= 0.3 is 0 Å². The Hall–Kier alpha value is -2.67. The molecule has 1 aliphatic carbocycles. The molecule has 0 atom stereocenters. The third kappa shape index (κ3) is 4.11. The van der Waals surface area contributed by atoms with Crippen molar-refractivity contribution >= 4 is 17.7 Å². The Morgan fingerprint density at radius 2 is 2.15 bits per heavy atom. The summed E-state index contributed by atoms with van der Waals surface area (Å²) in [6.07, 6.45) is 5.39. The van der Waals surface area contributed by atoms with Crippen LogP contribution >= 0.6 is 11.8 Å². The van der Waals surface area contributed by atoms with Gasteiger partial charge in [-0.2, -0.15) is 5.10 Å². The first-order valence-corrected chi connectivity index (χ1v) is 9.53. The largest absolute Gasteiger partial charge is 0.348 e. The van der Waals surface area contributed by atoms with Crippen molar-refractivity contribution in [2.45, 2.75) is 36.6 Å². The molecule has 6 nitrogen and oxygen atoms in total. The highest BCUT2D eigenvalue weighted by Crippen LogP contribution is 2.22. The lowest BCUT2D eigenvalue weighted by Gasteiger charge is -2.05. The molecule has 1 aromatic carbocycles. The smallest absolute Gasteiger partial charge is 0.272 e. The molecule has 1 amide bonds. The number of carbonyl (C=O) groups excluding carboxylic acids is 1. The third-order valence-electron chi connectivity index (χ3n) is 4.07. The van der Waals surface area contributed by atoms with Gasteiger partial charge in [-0.1, -0.05) is 29.8 Å². The van der Waals surface area contributed by atoms with E-state index in [9.17, 15) is 4.79 Å². The van der Waals surface area contributed by atoms with Crippen molar-refractivity contribution in [2.75, 3.05) is 0 Å². The van der Waals surface area contributed by atoms with Gasteiger partial charge in [-0.3, -0.25) is 4.79 Å². The highest BCUT2D eigenvalue weighted by molar-refractivity contribution is 7.98. The molecule has 0 bridgehead atoms. The van der Waals surface area contributed by atoms with E-state index in [1.54, 1.807) is 28.7 Å². The molecule has 0 spiro atoms. The van der Waals surface area contributed by atoms with E-state index in [0.29, 0.717) is 17.6 Å². The van der Waals surface area contributed by atoms with Gasteiger partial charge in [-0.15, -0.1) is 11.8 Å². The van der Waals surface area contributed by atoms with Crippen molar-refractivity contribution in [3.05, 3.63) is 65.7 Å². The number of hydrogen-bond acceptors (Lipinski definition) is 5. The van der Waals surface area contributed by atoms with Gasteiger partial charge in [0.2, 0.25) is 0 Å². The molecule has 132 valence electrons. The summed E-state index contributed by atoms with van der Waals surface area (Å²) >= 11 is 1.65. The number of aryl methyl sites for hydroxylation is 1. The lowest BCUT2D eigenvalue weighted by Crippen LogP contribution is -2.25. The highest BCUT2D eigenvalue weighted by Gasteiger charge is 2.24. The molecule has 7 heteroatoms. The van der Waals surface area contributed by atoms with E-state index in [-0.39, 0.29) is 5.91 Å². The summed E-state index contributed by atoms with van der Waals surface area (Å²) in [5, 5.41) is 8.15. The van der Waals surface area contributed by atoms with E-state index in [0.717, 1.165) is 23.6 Å². The second kappa shape index (κ2) is 7.29. The van der Waals surface area contributed by atoms with E-state index < -0.39 is 0 Å². The number of thioether (sulfide) groups is 1. The Morgan fingerprint density at radius 1 is 1.27 bits per heavy atom. The molecule has 1 saturated carbocycles. The molecular formula is C19H19N5OS. The monoisotopic (exact) mass is 365 g/mol. The summed E-state index contributed by atoms with van der Waals surface area (Å²) in [5.41, 5.74) is 2.91. The van der Waals surface area contributed by atoms with Crippen molar-refractivity contribution in [3.8, 4) is 5.82 Å². The van der Waals surface area contributed by atoms with E-state index in [4.69, 9.17) is 0 Å². The molecule has 4 rings (SSSR count). The van der Waals surface area contributed by atoms with Crippen LogP contribution in [0.4, 0.5) is 0 Å². The van der Waals surface area contributed by atoms with Crippen LogP contribution in [0, 0.1) is 6.92 Å². The maximum absolute atomic E-state index is 12.1. The zero-order valence-electron chi connectivity index (χ0n) is 14.4. The number of nitrogens with zero attached hydrogens (tertiary/aromatic N) is 4. The fourth-order valence-corrected chi connectivity index (χ4v) is 3.36. The van der Waals surface area contributed by atoms with E-state index in [1.165, 1.54) is 17.5 Å². The fraction of sp³-hybridized carbons (Fsp3) is 0.263. The van der Waals surface area contributed by atoms with Gasteiger partial charge in [0.15, 0.2) is 11.5 Å². The average molecular weight is 365 g/mol. The van der Waals surface area contributed by atoms with E-state index in [1.807, 2.05) is 6.07 Å². The molecule has 1 N–H and O–H groups in total. The van der Waals surface area contributed by atoms with Gasteiger partial charge in [0, 0.05) is 24.1 Å². The number of hydrogen-bond donors (Lipinski definition) is 1. The Kier molecular flexibility index (Phi) is 4.71. The molecule has 0 unspecified atom stereocenters. The van der Waals surface area contributed by atoms with Gasteiger partial charge in [-0.25, -0.2) is 14.6 Å². The van der Waals surface area contributed by atoms with Crippen LogP contribution < -0.4 is 5.32 Å². The van der Waals surface area contributed by atoms with Crippen LogP contribution in [0.15, 0.2) is 53.9 Å². The summed E-state index contributed by atoms with van der Waals surface area (Å²) in [5.74, 6) is 1.36. The quantitative estimate of drug-likeness (QED) is 0.537. The molecule has 3 aromatic rings. The van der Waals surface area contributed by atoms with Gasteiger partial charge < -0.3 is 5.32 Å². The zero-order valence-corrected chi connectivity index (χ0v) is 15.2. The Morgan fingerprint density at radius 3 is 2.96 bits per heavy atom. The minimum absolute atomic E-state index is 0.130. The van der Waals surface area contributed by atoms with Gasteiger partial charge in [-0.05, 0) is 31.4 Å². The van der Waals surface area contributed by atoms with Gasteiger partial charge in [0.25, 0.3) is 5.91 Å². The Labute approximate surface area is 156 Å². The van der Waals surface area contributed by atoms with Crippen LogP contribution in [0.25, 0.3) is 5.82 Å². The molecule has 0 radical (unpaired) electrons. The zero-order chi connectivity index (χ0) is 17.9. The summed E-state index contributed by atoms with van der Waals surface area (Å²) < 4.78 is 1.61. The summed E-state index contributed by atoms with van der Waals surface area (Å²) in [7, 11) is 0. The Bertz CT molecular complexity index is 935. The maximum Gasteiger partial charge on any atom is 0.272 e. The van der Waals surface area contributed by atoms with Crippen LogP contribution in [0.3, 0.4) is 0 Å². The number of nitrogens with one attached hydrogen (secondary N) is 1. The normalized spacial score (nSPS) is 13.6. The maximum atomic E-state index is 12.1. The van der Waals surface area contributed by atoms with Gasteiger partial charge in [0.05, 0.1) is 0 Å². The van der Waals surface area contributed by atoms with Crippen LogP contribution in [0.1, 0.15) is 34.5 Å². The SMILES string of the molecule is Cc1cccc(CSc2cc(-n3ccc(C(=O)NC4CC4)n3)ncn2)c1. The summed E-state index contributed by atoms with van der Waals surface area (Å²) in [4.78, 5) is 20.7. The predicted octanol–water partition coefficient (Wildman–Crippen LogP) is 3.16. The minimum atomic E-state index is -0.130. The van der Waals surface area contributed by atoms with Crippen LogP contribution in [0.2, 0.25) is 0 Å². The topological polar surface area (TPSA) is 72.7 Å². The van der Waals surface area contributed by atoms with Crippen molar-refractivity contribution in [1.82, 2.24) is 25.1 Å². The number of benzene rings is 1. The van der Waals surface area contributed by atoms with Crippen molar-refractivity contribution in [2.24, 2.45) is 0 Å². The molecular weight excluding hydrogens is 346 g/mol. The third-order valence-corrected chi connectivity index (χ3v) is 5.06. The van der Waals surface area contributed by atoms with Crippen molar-refractivity contribution in [1.29, 1.82) is 0 Å². The van der Waals surface area contributed by atoms with Crippen molar-refractivity contribution in [3.63, 3.8) is 0 Å². The lowest BCUT2D eigenvalue weighted by molar-refractivity contribution is 0.0945. The molecule has 2 heterocycles.